The molecule has 0 bridgehead atoms. The summed E-state index contributed by atoms with van der Waals surface area (Å²) < 4.78 is 0. The van der Waals surface area contributed by atoms with Crippen molar-refractivity contribution >= 4 is 0 Å². The van der Waals surface area contributed by atoms with E-state index in [0.29, 0.717) is 17.0 Å². The van der Waals surface area contributed by atoms with Crippen LogP contribution in [-0.4, -0.2) is 48.6 Å². The maximum atomic E-state index is 2.64. The summed E-state index contributed by atoms with van der Waals surface area (Å²) in [6.45, 7) is 16.6. The lowest BCUT2D eigenvalue weighted by Crippen LogP contribution is -2.58. The number of rotatable bonds is 1. The summed E-state index contributed by atoms with van der Waals surface area (Å²) in [7, 11) is 4.46. The largest absolute Gasteiger partial charge is 0.305 e. The Balaban J connectivity index is 2.82. The van der Waals surface area contributed by atoms with Crippen LogP contribution in [0.2, 0.25) is 0 Å². The molecule has 102 valence electrons. The molecular weight excluding hydrogens is 208 g/mol. The first kappa shape index (κ1) is 15.0. The quantitative estimate of drug-likeness (QED) is 0.695. The van der Waals surface area contributed by atoms with Crippen molar-refractivity contribution in [2.75, 3.05) is 27.2 Å². The Morgan fingerprint density at radius 3 is 1.88 bits per heavy atom. The molecule has 0 saturated carbocycles. The first-order chi connectivity index (χ1) is 7.53. The molecule has 0 N–H and O–H groups in total. The Morgan fingerprint density at radius 2 is 1.53 bits per heavy atom. The second-order valence-corrected chi connectivity index (χ2v) is 7.91. The maximum Gasteiger partial charge on any atom is 0.0250 e. The molecule has 0 aliphatic carbocycles. The van der Waals surface area contributed by atoms with E-state index in [1.54, 1.807) is 0 Å². The van der Waals surface area contributed by atoms with Crippen LogP contribution in [0.4, 0.5) is 0 Å². The normalized spacial score (nSPS) is 28.8. The third kappa shape index (κ3) is 3.69. The van der Waals surface area contributed by atoms with Gasteiger partial charge in [0, 0.05) is 18.1 Å². The average Bonchev–Trinajstić information content (AvgIpc) is 2.14. The number of hydrogen-bond acceptors (Lipinski definition) is 2. The molecule has 0 amide bonds. The molecule has 0 spiro atoms. The lowest BCUT2D eigenvalue weighted by molar-refractivity contribution is -0.00930. The van der Waals surface area contributed by atoms with Crippen LogP contribution in [0.3, 0.4) is 0 Å². The Morgan fingerprint density at radius 1 is 1.00 bits per heavy atom. The molecule has 0 aromatic rings. The fourth-order valence-corrected chi connectivity index (χ4v) is 3.07. The molecule has 2 nitrogen and oxygen atoms in total. The number of likely N-dealkylation sites (tertiary alicyclic amines) is 1. The van der Waals surface area contributed by atoms with Gasteiger partial charge in [-0.15, -0.1) is 0 Å². The zero-order valence-electron chi connectivity index (χ0n) is 13.2. The van der Waals surface area contributed by atoms with Crippen LogP contribution >= 0.6 is 0 Å². The van der Waals surface area contributed by atoms with Gasteiger partial charge in [-0.3, -0.25) is 4.90 Å². The number of nitrogens with zero attached hydrogens (tertiary/aromatic N) is 2. The molecular formula is C15H32N2. The molecule has 1 heterocycles. The van der Waals surface area contributed by atoms with Crippen molar-refractivity contribution in [3.8, 4) is 0 Å². The van der Waals surface area contributed by atoms with Crippen molar-refractivity contribution in [2.45, 2.75) is 59.5 Å². The minimum absolute atomic E-state index is 0.303. The zero-order chi connectivity index (χ0) is 13.4. The molecule has 0 aromatic heterocycles. The van der Waals surface area contributed by atoms with E-state index >= 15 is 0 Å². The van der Waals surface area contributed by atoms with Crippen molar-refractivity contribution in [1.82, 2.24) is 9.80 Å². The van der Waals surface area contributed by atoms with E-state index in [1.165, 1.54) is 19.5 Å². The lowest BCUT2D eigenvalue weighted by Gasteiger charge is -2.50. The Bertz CT molecular complexity index is 245. The molecule has 1 aliphatic rings. The minimum Gasteiger partial charge on any atom is -0.305 e. The van der Waals surface area contributed by atoms with Crippen LogP contribution in [0, 0.1) is 11.3 Å². The van der Waals surface area contributed by atoms with E-state index in [0.717, 1.165) is 5.92 Å². The highest BCUT2D eigenvalue weighted by Gasteiger charge is 2.40. The van der Waals surface area contributed by atoms with Gasteiger partial charge in [-0.25, -0.2) is 0 Å². The van der Waals surface area contributed by atoms with Gasteiger partial charge in [-0.1, -0.05) is 20.8 Å². The molecule has 1 fully saturated rings. The summed E-state index contributed by atoms with van der Waals surface area (Å²) in [5.74, 6) is 0.802. The molecule has 2 heteroatoms. The van der Waals surface area contributed by atoms with Gasteiger partial charge in [0.05, 0.1) is 0 Å². The molecule has 1 rings (SSSR count). The average molecular weight is 240 g/mol. The van der Waals surface area contributed by atoms with E-state index < -0.39 is 0 Å². The standard InChI is InChI=1S/C15H32N2/c1-14(2,3)12-9-10-17(15(4,5)6)11-13(12)16(7)8/h12-13H,9-11H2,1-8H3. The molecule has 2 unspecified atom stereocenters. The van der Waals surface area contributed by atoms with E-state index in [4.69, 9.17) is 0 Å². The summed E-state index contributed by atoms with van der Waals surface area (Å²) in [5.41, 5.74) is 0.718. The van der Waals surface area contributed by atoms with Gasteiger partial charge < -0.3 is 4.90 Å². The molecule has 1 saturated heterocycles. The number of hydrogen-bond donors (Lipinski definition) is 0. The Hall–Kier alpha value is -0.0800. The Kier molecular flexibility index (Phi) is 4.31. The molecule has 1 aliphatic heterocycles. The maximum absolute atomic E-state index is 2.64. The van der Waals surface area contributed by atoms with Gasteiger partial charge in [-0.05, 0) is 59.2 Å². The van der Waals surface area contributed by atoms with Crippen LogP contribution < -0.4 is 0 Å². The predicted octanol–water partition coefficient (Wildman–Crippen LogP) is 3.08. The summed E-state index contributed by atoms with van der Waals surface area (Å²) >= 11 is 0. The highest BCUT2D eigenvalue weighted by atomic mass is 15.2. The van der Waals surface area contributed by atoms with Crippen molar-refractivity contribution in [3.63, 3.8) is 0 Å². The van der Waals surface area contributed by atoms with Gasteiger partial charge in [0.25, 0.3) is 0 Å². The summed E-state index contributed by atoms with van der Waals surface area (Å²) in [6, 6.07) is 0.683. The lowest BCUT2D eigenvalue weighted by atomic mass is 9.71. The first-order valence-corrected chi connectivity index (χ1v) is 6.95. The number of likely N-dealkylation sites (N-methyl/N-ethyl adjacent to an activating group) is 1. The zero-order valence-corrected chi connectivity index (χ0v) is 13.2. The second-order valence-electron chi connectivity index (χ2n) is 7.91. The SMILES string of the molecule is CN(C)C1CN(C(C)(C)C)CCC1C(C)(C)C. The third-order valence-electron chi connectivity index (χ3n) is 4.31. The minimum atomic E-state index is 0.303. The predicted molar refractivity (Wildman–Crippen MR) is 76.4 cm³/mol. The van der Waals surface area contributed by atoms with Crippen LogP contribution in [0.5, 0.6) is 0 Å². The van der Waals surface area contributed by atoms with E-state index in [1.807, 2.05) is 0 Å². The van der Waals surface area contributed by atoms with E-state index in [9.17, 15) is 0 Å². The van der Waals surface area contributed by atoms with Crippen molar-refractivity contribution in [1.29, 1.82) is 0 Å². The third-order valence-corrected chi connectivity index (χ3v) is 4.31. The highest BCUT2D eigenvalue weighted by molar-refractivity contribution is 4.94. The number of piperidine rings is 1. The second kappa shape index (κ2) is 4.89. The van der Waals surface area contributed by atoms with Crippen molar-refractivity contribution in [3.05, 3.63) is 0 Å². The van der Waals surface area contributed by atoms with Crippen molar-refractivity contribution in [2.24, 2.45) is 11.3 Å². The van der Waals surface area contributed by atoms with Crippen LogP contribution in [-0.2, 0) is 0 Å². The molecule has 17 heavy (non-hydrogen) atoms. The van der Waals surface area contributed by atoms with Gasteiger partial charge in [0.1, 0.15) is 0 Å². The van der Waals surface area contributed by atoms with Gasteiger partial charge in [-0.2, -0.15) is 0 Å². The van der Waals surface area contributed by atoms with Crippen LogP contribution in [0.1, 0.15) is 48.0 Å². The van der Waals surface area contributed by atoms with Gasteiger partial charge >= 0.3 is 0 Å². The van der Waals surface area contributed by atoms with Gasteiger partial charge in [0.15, 0.2) is 0 Å². The Labute approximate surface area is 108 Å². The fourth-order valence-electron chi connectivity index (χ4n) is 3.07. The molecule has 2 atom stereocenters. The summed E-state index contributed by atoms with van der Waals surface area (Å²) in [5, 5.41) is 0. The monoisotopic (exact) mass is 240 g/mol. The fraction of sp³-hybridized carbons (Fsp3) is 1.00. The smallest absolute Gasteiger partial charge is 0.0250 e. The van der Waals surface area contributed by atoms with E-state index in [-0.39, 0.29) is 0 Å². The van der Waals surface area contributed by atoms with Crippen LogP contribution in [0.15, 0.2) is 0 Å². The summed E-state index contributed by atoms with van der Waals surface area (Å²) in [4.78, 5) is 5.06. The molecule has 0 radical (unpaired) electrons. The van der Waals surface area contributed by atoms with Crippen molar-refractivity contribution < 1.29 is 0 Å². The highest BCUT2D eigenvalue weighted by Crippen LogP contribution is 2.37. The van der Waals surface area contributed by atoms with E-state index in [2.05, 4.69) is 65.4 Å². The van der Waals surface area contributed by atoms with Gasteiger partial charge in [0.2, 0.25) is 0 Å². The molecule has 0 aromatic carbocycles. The first-order valence-electron chi connectivity index (χ1n) is 6.95. The summed E-state index contributed by atoms with van der Waals surface area (Å²) in [6.07, 6.45) is 1.32. The van der Waals surface area contributed by atoms with Crippen LogP contribution in [0.25, 0.3) is 0 Å². The topological polar surface area (TPSA) is 6.48 Å².